The largest absolute Gasteiger partial charge is 0.342 e. The number of rotatable bonds is 5. The molecule has 1 atom stereocenters. The minimum absolute atomic E-state index is 0.0157. The Morgan fingerprint density at radius 2 is 2.15 bits per heavy atom. The smallest absolute Gasteiger partial charge is 0.257 e. The summed E-state index contributed by atoms with van der Waals surface area (Å²) in [7, 11) is 0. The van der Waals surface area contributed by atoms with E-state index < -0.39 is 0 Å². The highest BCUT2D eigenvalue weighted by atomic mass is 16.2. The van der Waals surface area contributed by atoms with Crippen molar-refractivity contribution in [1.82, 2.24) is 19.8 Å². The molecule has 3 aliphatic rings. The Bertz CT molecular complexity index is 703. The third-order valence-corrected chi connectivity index (χ3v) is 6.15. The van der Waals surface area contributed by atoms with E-state index >= 15 is 0 Å². The summed E-state index contributed by atoms with van der Waals surface area (Å²) in [4.78, 5) is 38.5. The van der Waals surface area contributed by atoms with Gasteiger partial charge in [-0.1, -0.05) is 13.3 Å². The van der Waals surface area contributed by atoms with Gasteiger partial charge >= 0.3 is 0 Å². The van der Waals surface area contributed by atoms with Crippen LogP contribution in [0.3, 0.4) is 0 Å². The second kappa shape index (κ2) is 6.97. The van der Waals surface area contributed by atoms with Gasteiger partial charge in [0, 0.05) is 32.4 Å². The molecule has 0 bridgehead atoms. The van der Waals surface area contributed by atoms with E-state index in [1.165, 1.54) is 19.2 Å². The third-order valence-electron chi connectivity index (χ3n) is 6.15. The summed E-state index contributed by atoms with van der Waals surface area (Å²) in [5.41, 5.74) is 1.06. The van der Waals surface area contributed by atoms with Crippen LogP contribution in [-0.4, -0.2) is 57.8 Å². The van der Waals surface area contributed by atoms with E-state index in [9.17, 15) is 9.59 Å². The first-order valence-electron chi connectivity index (χ1n) is 10.0. The Balaban J connectivity index is 1.49. The van der Waals surface area contributed by atoms with Crippen molar-refractivity contribution in [3.63, 3.8) is 0 Å². The molecular formula is C20H28N4O2. The number of likely N-dealkylation sites (tertiary alicyclic amines) is 2. The summed E-state index contributed by atoms with van der Waals surface area (Å²) >= 11 is 0. The highest BCUT2D eigenvalue weighted by Crippen LogP contribution is 2.42. The van der Waals surface area contributed by atoms with Gasteiger partial charge in [-0.15, -0.1) is 0 Å². The number of hydrogen-bond donors (Lipinski definition) is 0. The highest BCUT2D eigenvalue weighted by molar-refractivity contribution is 5.96. The normalized spacial score (nSPS) is 26.0. The lowest BCUT2D eigenvalue weighted by atomic mass is 9.78. The van der Waals surface area contributed by atoms with Gasteiger partial charge in [-0.05, 0) is 44.4 Å². The molecule has 1 aromatic heterocycles. The fourth-order valence-corrected chi connectivity index (χ4v) is 4.50. The lowest BCUT2D eigenvalue weighted by Gasteiger charge is -2.39. The molecule has 3 heterocycles. The van der Waals surface area contributed by atoms with Gasteiger partial charge in [0.15, 0.2) is 0 Å². The Labute approximate surface area is 155 Å². The number of aromatic nitrogens is 2. The van der Waals surface area contributed by atoms with Gasteiger partial charge in [0.2, 0.25) is 5.91 Å². The first kappa shape index (κ1) is 17.4. The van der Waals surface area contributed by atoms with Crippen molar-refractivity contribution < 1.29 is 9.59 Å². The molecule has 1 saturated carbocycles. The predicted octanol–water partition coefficient (Wildman–Crippen LogP) is 2.29. The molecule has 26 heavy (non-hydrogen) atoms. The summed E-state index contributed by atoms with van der Waals surface area (Å²) < 4.78 is 0. The molecule has 140 valence electrons. The SMILES string of the molecule is CCCc1ncncc1C(=O)N1CC[C@@]2(CCCN(CC3CC3)C2=O)C1. The van der Waals surface area contributed by atoms with E-state index in [1.54, 1.807) is 6.20 Å². The average molecular weight is 356 g/mol. The Morgan fingerprint density at radius 1 is 1.31 bits per heavy atom. The first-order chi connectivity index (χ1) is 12.6. The molecule has 0 aromatic carbocycles. The molecule has 6 heteroatoms. The predicted molar refractivity (Wildman–Crippen MR) is 97.5 cm³/mol. The zero-order valence-electron chi connectivity index (χ0n) is 15.6. The minimum Gasteiger partial charge on any atom is -0.342 e. The molecule has 2 amide bonds. The maximum Gasteiger partial charge on any atom is 0.257 e. The number of hydrogen-bond acceptors (Lipinski definition) is 4. The molecule has 4 rings (SSSR count). The van der Waals surface area contributed by atoms with Crippen molar-refractivity contribution in [1.29, 1.82) is 0 Å². The number of aryl methyl sites for hydroxylation is 1. The molecule has 1 aromatic rings. The third kappa shape index (κ3) is 3.21. The summed E-state index contributed by atoms with van der Waals surface area (Å²) in [6.45, 7) is 5.09. The summed E-state index contributed by atoms with van der Waals surface area (Å²) in [5.74, 6) is 0.980. The van der Waals surface area contributed by atoms with Gasteiger partial charge in [0.1, 0.15) is 6.33 Å². The Kier molecular flexibility index (Phi) is 4.67. The maximum atomic E-state index is 13.2. The van der Waals surface area contributed by atoms with Gasteiger partial charge in [0.25, 0.3) is 5.91 Å². The molecule has 6 nitrogen and oxygen atoms in total. The van der Waals surface area contributed by atoms with Gasteiger partial charge in [-0.2, -0.15) is 0 Å². The number of piperidine rings is 1. The topological polar surface area (TPSA) is 66.4 Å². The zero-order chi connectivity index (χ0) is 18.1. The van der Waals surface area contributed by atoms with Gasteiger partial charge in [-0.25, -0.2) is 9.97 Å². The maximum absolute atomic E-state index is 13.2. The van der Waals surface area contributed by atoms with E-state index in [0.717, 1.165) is 50.9 Å². The van der Waals surface area contributed by atoms with Crippen molar-refractivity contribution in [2.75, 3.05) is 26.2 Å². The molecule has 2 saturated heterocycles. The minimum atomic E-state index is -0.358. The van der Waals surface area contributed by atoms with Crippen LogP contribution in [0.5, 0.6) is 0 Å². The van der Waals surface area contributed by atoms with Crippen LogP contribution in [0.4, 0.5) is 0 Å². The Morgan fingerprint density at radius 3 is 2.92 bits per heavy atom. The number of carbonyl (C=O) groups is 2. The van der Waals surface area contributed by atoms with Gasteiger partial charge < -0.3 is 9.80 Å². The molecule has 1 aliphatic carbocycles. The summed E-state index contributed by atoms with van der Waals surface area (Å²) in [6.07, 6.45) is 10.1. The standard InChI is InChI=1S/C20H28N4O2/c1-2-4-17-16(11-21-14-22-17)18(25)24-10-8-20(13-24)7-3-9-23(19(20)26)12-15-5-6-15/h11,14-15H,2-10,12-13H2,1H3/t20-/m0/s1. The van der Waals surface area contributed by atoms with Gasteiger partial charge in [-0.3, -0.25) is 9.59 Å². The van der Waals surface area contributed by atoms with Crippen LogP contribution < -0.4 is 0 Å². The van der Waals surface area contributed by atoms with E-state index in [4.69, 9.17) is 0 Å². The number of carbonyl (C=O) groups excluding carboxylic acids is 2. The monoisotopic (exact) mass is 356 g/mol. The fraction of sp³-hybridized carbons (Fsp3) is 0.700. The van der Waals surface area contributed by atoms with E-state index in [2.05, 4.69) is 21.8 Å². The quantitative estimate of drug-likeness (QED) is 0.812. The number of nitrogens with zero attached hydrogens (tertiary/aromatic N) is 4. The van der Waals surface area contributed by atoms with E-state index in [-0.39, 0.29) is 17.2 Å². The molecule has 1 spiro atoms. The van der Waals surface area contributed by atoms with E-state index in [0.29, 0.717) is 24.6 Å². The fourth-order valence-electron chi connectivity index (χ4n) is 4.50. The van der Waals surface area contributed by atoms with Gasteiger partial charge in [0.05, 0.1) is 16.7 Å². The summed E-state index contributed by atoms with van der Waals surface area (Å²) in [5, 5.41) is 0. The number of amides is 2. The van der Waals surface area contributed by atoms with Crippen molar-refractivity contribution in [3.8, 4) is 0 Å². The lowest BCUT2D eigenvalue weighted by Crippen LogP contribution is -2.51. The molecular weight excluding hydrogens is 328 g/mol. The molecule has 0 N–H and O–H groups in total. The zero-order valence-corrected chi connectivity index (χ0v) is 15.6. The van der Waals surface area contributed by atoms with Crippen molar-refractivity contribution in [3.05, 3.63) is 23.8 Å². The van der Waals surface area contributed by atoms with Crippen molar-refractivity contribution in [2.45, 2.75) is 51.9 Å². The molecule has 0 radical (unpaired) electrons. The Hall–Kier alpha value is -1.98. The van der Waals surface area contributed by atoms with Crippen LogP contribution in [-0.2, 0) is 11.2 Å². The van der Waals surface area contributed by atoms with Crippen LogP contribution >= 0.6 is 0 Å². The average Bonchev–Trinajstić information content (AvgIpc) is 3.37. The summed E-state index contributed by atoms with van der Waals surface area (Å²) in [6, 6.07) is 0. The van der Waals surface area contributed by atoms with Crippen molar-refractivity contribution in [2.24, 2.45) is 11.3 Å². The van der Waals surface area contributed by atoms with Crippen LogP contribution in [0.25, 0.3) is 0 Å². The highest BCUT2D eigenvalue weighted by Gasteiger charge is 2.50. The van der Waals surface area contributed by atoms with Crippen LogP contribution in [0, 0.1) is 11.3 Å². The second-order valence-corrected chi connectivity index (χ2v) is 8.19. The van der Waals surface area contributed by atoms with Crippen LogP contribution in [0.15, 0.2) is 12.5 Å². The first-order valence-corrected chi connectivity index (χ1v) is 10.0. The molecule has 3 fully saturated rings. The van der Waals surface area contributed by atoms with Crippen molar-refractivity contribution >= 4 is 11.8 Å². The van der Waals surface area contributed by atoms with Crippen LogP contribution in [0.1, 0.15) is 61.5 Å². The molecule has 2 aliphatic heterocycles. The lowest BCUT2D eigenvalue weighted by molar-refractivity contribution is -0.145. The second-order valence-electron chi connectivity index (χ2n) is 8.19. The van der Waals surface area contributed by atoms with E-state index in [1.807, 2.05) is 4.90 Å². The van der Waals surface area contributed by atoms with Crippen LogP contribution in [0.2, 0.25) is 0 Å². The molecule has 0 unspecified atom stereocenters.